The van der Waals surface area contributed by atoms with Crippen molar-refractivity contribution in [2.75, 3.05) is 42.5 Å². The van der Waals surface area contributed by atoms with E-state index in [-0.39, 0.29) is 11.7 Å². The predicted octanol–water partition coefficient (Wildman–Crippen LogP) is 2.86. The van der Waals surface area contributed by atoms with Crippen LogP contribution in [0.2, 0.25) is 0 Å². The number of hydrogen-bond donors (Lipinski definition) is 1. The van der Waals surface area contributed by atoms with Gasteiger partial charge >= 0.3 is 0 Å². The number of carbonyl (C=O) groups excluding carboxylic acids is 1. The van der Waals surface area contributed by atoms with Gasteiger partial charge < -0.3 is 15.1 Å². The summed E-state index contributed by atoms with van der Waals surface area (Å²) in [6, 6.07) is 6.58. The van der Waals surface area contributed by atoms with Crippen LogP contribution in [-0.4, -0.2) is 48.6 Å². The fourth-order valence-corrected chi connectivity index (χ4v) is 3.11. The molecule has 1 aromatic heterocycles. The average Bonchev–Trinajstić information content (AvgIpc) is 2.72. The van der Waals surface area contributed by atoms with Crippen molar-refractivity contribution in [2.24, 2.45) is 0 Å². The summed E-state index contributed by atoms with van der Waals surface area (Å²) in [6.07, 6.45) is 6.41. The highest BCUT2D eigenvalue weighted by Gasteiger charge is 2.19. The third-order valence-corrected chi connectivity index (χ3v) is 4.73. The molecule has 2 aromatic rings. The van der Waals surface area contributed by atoms with Gasteiger partial charge in [0.05, 0.1) is 12.4 Å². The predicted molar refractivity (Wildman–Crippen MR) is 105 cm³/mol. The number of aromatic nitrogens is 2. The second kappa shape index (κ2) is 9.30. The van der Waals surface area contributed by atoms with E-state index >= 15 is 0 Å². The Labute approximate surface area is 159 Å². The molecule has 0 bridgehead atoms. The fraction of sp³-hybridized carbons (Fsp3) is 0.450. The molecule has 0 aliphatic carbocycles. The van der Waals surface area contributed by atoms with Crippen LogP contribution in [0.25, 0.3) is 0 Å². The van der Waals surface area contributed by atoms with Gasteiger partial charge in [-0.05, 0) is 30.7 Å². The summed E-state index contributed by atoms with van der Waals surface area (Å²) in [5.41, 5.74) is 1.37. The van der Waals surface area contributed by atoms with Gasteiger partial charge in [0.1, 0.15) is 17.3 Å². The largest absolute Gasteiger partial charge is 0.368 e. The van der Waals surface area contributed by atoms with Crippen LogP contribution in [0.15, 0.2) is 36.7 Å². The van der Waals surface area contributed by atoms with Crippen molar-refractivity contribution in [1.82, 2.24) is 15.3 Å². The quantitative estimate of drug-likeness (QED) is 0.759. The van der Waals surface area contributed by atoms with E-state index in [2.05, 4.69) is 32.0 Å². The summed E-state index contributed by atoms with van der Waals surface area (Å²) < 4.78 is 13.1. The van der Waals surface area contributed by atoms with Gasteiger partial charge in [-0.25, -0.2) is 14.4 Å². The van der Waals surface area contributed by atoms with Crippen LogP contribution in [-0.2, 0) is 0 Å². The SMILES string of the molecule is CCCCCNC(=O)c1cnc(N2CCN(c3ccc(F)cc3)CC2)cn1. The first-order valence-corrected chi connectivity index (χ1v) is 9.53. The summed E-state index contributed by atoms with van der Waals surface area (Å²) in [6.45, 7) is 6.05. The number of hydrogen-bond acceptors (Lipinski definition) is 5. The van der Waals surface area contributed by atoms with Crippen LogP contribution < -0.4 is 15.1 Å². The molecule has 0 unspecified atom stereocenters. The van der Waals surface area contributed by atoms with E-state index in [1.165, 1.54) is 18.3 Å². The normalized spacial score (nSPS) is 14.3. The molecule has 1 saturated heterocycles. The molecule has 0 radical (unpaired) electrons. The highest BCUT2D eigenvalue weighted by molar-refractivity contribution is 5.91. The number of nitrogens with zero attached hydrogens (tertiary/aromatic N) is 4. The monoisotopic (exact) mass is 371 g/mol. The molecule has 1 amide bonds. The second-order valence-corrected chi connectivity index (χ2v) is 6.67. The number of carbonyl (C=O) groups is 1. The van der Waals surface area contributed by atoms with Gasteiger partial charge in [-0.3, -0.25) is 4.79 Å². The molecule has 27 heavy (non-hydrogen) atoms. The van der Waals surface area contributed by atoms with E-state index in [4.69, 9.17) is 0 Å². The summed E-state index contributed by atoms with van der Waals surface area (Å²) in [5.74, 6) is 0.379. The van der Waals surface area contributed by atoms with Crippen LogP contribution in [0.4, 0.5) is 15.9 Å². The maximum atomic E-state index is 13.1. The van der Waals surface area contributed by atoms with Gasteiger partial charge in [0, 0.05) is 38.4 Å². The Morgan fingerprint density at radius 3 is 2.37 bits per heavy atom. The fourth-order valence-electron chi connectivity index (χ4n) is 3.11. The average molecular weight is 371 g/mol. The lowest BCUT2D eigenvalue weighted by atomic mass is 10.2. The molecule has 144 valence electrons. The zero-order valence-electron chi connectivity index (χ0n) is 15.7. The van der Waals surface area contributed by atoms with Crippen LogP contribution in [0.5, 0.6) is 0 Å². The molecule has 3 rings (SSSR count). The molecule has 1 N–H and O–H groups in total. The number of amides is 1. The van der Waals surface area contributed by atoms with Crippen LogP contribution in [0, 0.1) is 5.82 Å². The first kappa shape index (κ1) is 19.1. The van der Waals surface area contributed by atoms with Crippen LogP contribution in [0.3, 0.4) is 0 Å². The maximum absolute atomic E-state index is 13.1. The van der Waals surface area contributed by atoms with E-state index < -0.39 is 0 Å². The Balaban J connectivity index is 1.51. The van der Waals surface area contributed by atoms with E-state index in [1.54, 1.807) is 18.3 Å². The molecule has 0 atom stereocenters. The Morgan fingerprint density at radius 1 is 1.04 bits per heavy atom. The minimum absolute atomic E-state index is 0.175. The first-order valence-electron chi connectivity index (χ1n) is 9.53. The zero-order chi connectivity index (χ0) is 19.1. The minimum atomic E-state index is -0.220. The van der Waals surface area contributed by atoms with Gasteiger partial charge in [-0.2, -0.15) is 0 Å². The van der Waals surface area contributed by atoms with Crippen LogP contribution >= 0.6 is 0 Å². The molecule has 0 spiro atoms. The number of rotatable bonds is 7. The van der Waals surface area contributed by atoms with Gasteiger partial charge in [-0.1, -0.05) is 19.8 Å². The molecule has 0 saturated carbocycles. The van der Waals surface area contributed by atoms with Crippen molar-refractivity contribution in [2.45, 2.75) is 26.2 Å². The number of benzene rings is 1. The van der Waals surface area contributed by atoms with Crippen molar-refractivity contribution in [3.05, 3.63) is 48.2 Å². The van der Waals surface area contributed by atoms with Gasteiger partial charge in [0.15, 0.2) is 0 Å². The minimum Gasteiger partial charge on any atom is -0.368 e. The molecule has 1 fully saturated rings. The van der Waals surface area contributed by atoms with Crippen molar-refractivity contribution in [3.8, 4) is 0 Å². The van der Waals surface area contributed by atoms with Gasteiger partial charge in [0.25, 0.3) is 5.91 Å². The topological polar surface area (TPSA) is 61.4 Å². The molecule has 6 nitrogen and oxygen atoms in total. The molecule has 1 aliphatic rings. The molecular formula is C20H26FN5O. The van der Waals surface area contributed by atoms with Crippen molar-refractivity contribution < 1.29 is 9.18 Å². The Kier molecular flexibility index (Phi) is 6.57. The highest BCUT2D eigenvalue weighted by atomic mass is 19.1. The maximum Gasteiger partial charge on any atom is 0.271 e. The van der Waals surface area contributed by atoms with E-state index in [1.807, 2.05) is 0 Å². The Bertz CT molecular complexity index is 727. The smallest absolute Gasteiger partial charge is 0.271 e. The third kappa shape index (κ3) is 5.15. The van der Waals surface area contributed by atoms with Crippen LogP contribution in [0.1, 0.15) is 36.7 Å². The second-order valence-electron chi connectivity index (χ2n) is 6.67. The summed E-state index contributed by atoms with van der Waals surface area (Å²) in [7, 11) is 0. The summed E-state index contributed by atoms with van der Waals surface area (Å²) in [4.78, 5) is 25.1. The Morgan fingerprint density at radius 2 is 1.74 bits per heavy atom. The molecule has 2 heterocycles. The number of halogens is 1. The van der Waals surface area contributed by atoms with E-state index in [0.717, 1.165) is 56.9 Å². The lowest BCUT2D eigenvalue weighted by Crippen LogP contribution is -2.46. The lowest BCUT2D eigenvalue weighted by Gasteiger charge is -2.36. The van der Waals surface area contributed by atoms with Gasteiger partial charge in [-0.15, -0.1) is 0 Å². The summed E-state index contributed by atoms with van der Waals surface area (Å²) >= 11 is 0. The van der Waals surface area contributed by atoms with Crippen molar-refractivity contribution in [3.63, 3.8) is 0 Å². The molecule has 1 aromatic carbocycles. The number of nitrogens with one attached hydrogen (secondary N) is 1. The van der Waals surface area contributed by atoms with E-state index in [9.17, 15) is 9.18 Å². The third-order valence-electron chi connectivity index (χ3n) is 4.73. The highest BCUT2D eigenvalue weighted by Crippen LogP contribution is 2.19. The number of anilines is 2. The number of unbranched alkanes of at least 4 members (excludes halogenated alkanes) is 2. The Hall–Kier alpha value is -2.70. The number of piperazine rings is 1. The van der Waals surface area contributed by atoms with Crippen molar-refractivity contribution in [1.29, 1.82) is 0 Å². The van der Waals surface area contributed by atoms with E-state index in [0.29, 0.717) is 12.2 Å². The van der Waals surface area contributed by atoms with Crippen molar-refractivity contribution >= 4 is 17.4 Å². The molecule has 7 heteroatoms. The standard InChI is InChI=1S/C20H26FN5O/c1-2-3-4-9-22-20(27)18-14-24-19(15-23-18)26-12-10-25(11-13-26)17-7-5-16(21)6-8-17/h5-8,14-15H,2-4,9-13H2,1H3,(H,22,27). The lowest BCUT2D eigenvalue weighted by molar-refractivity contribution is 0.0947. The first-order chi connectivity index (χ1) is 13.2. The zero-order valence-corrected chi connectivity index (χ0v) is 15.7. The summed E-state index contributed by atoms with van der Waals surface area (Å²) in [5, 5.41) is 2.87. The molecular weight excluding hydrogens is 345 g/mol. The van der Waals surface area contributed by atoms with Gasteiger partial charge in [0.2, 0.25) is 0 Å². The molecule has 1 aliphatic heterocycles.